The Kier molecular flexibility index (Phi) is 4.35. The van der Waals surface area contributed by atoms with Crippen LogP contribution < -0.4 is 10.5 Å². The molecule has 0 bridgehead atoms. The molecule has 1 rings (SSSR count). The van der Waals surface area contributed by atoms with Crippen LogP contribution in [0.2, 0.25) is 0 Å². The first-order valence-corrected chi connectivity index (χ1v) is 6.63. The summed E-state index contributed by atoms with van der Waals surface area (Å²) in [5.41, 5.74) is -2.73. The van der Waals surface area contributed by atoms with Crippen molar-refractivity contribution in [2.75, 3.05) is 6.54 Å². The predicted octanol–water partition coefficient (Wildman–Crippen LogP) is 0.270. The number of carbonyl (C=O) groups is 1. The summed E-state index contributed by atoms with van der Waals surface area (Å²) in [6.07, 6.45) is 0. The molecule has 0 unspecified atom stereocenters. The molecule has 0 radical (unpaired) electrons. The van der Waals surface area contributed by atoms with Gasteiger partial charge >= 0.3 is 5.69 Å². The Hall–Kier alpha value is -2.14. The quantitative estimate of drug-likeness (QED) is 0.608. The Balaban J connectivity index is 3.78. The zero-order valence-corrected chi connectivity index (χ0v) is 10.8. The molecule has 0 atom stereocenters. The van der Waals surface area contributed by atoms with Gasteiger partial charge in [-0.25, -0.2) is 17.9 Å². The molecule has 0 aliphatic rings. The van der Waals surface area contributed by atoms with Gasteiger partial charge in [0.05, 0.1) is 4.92 Å². The SMILES string of the molecule is CCNC(=O)c1c(F)c([N+](=O)[O-])cc(S(N)(=O)=O)c1F. The van der Waals surface area contributed by atoms with Crippen LogP contribution in [0.4, 0.5) is 14.5 Å². The van der Waals surface area contributed by atoms with E-state index in [4.69, 9.17) is 0 Å². The van der Waals surface area contributed by atoms with Crippen LogP contribution in [0, 0.1) is 21.7 Å². The van der Waals surface area contributed by atoms with E-state index in [0.717, 1.165) is 0 Å². The molecule has 0 spiro atoms. The number of nitro benzene ring substituents is 1. The summed E-state index contributed by atoms with van der Waals surface area (Å²) in [4.78, 5) is 19.5. The highest BCUT2D eigenvalue weighted by atomic mass is 32.2. The van der Waals surface area contributed by atoms with Gasteiger partial charge in [0.1, 0.15) is 10.5 Å². The van der Waals surface area contributed by atoms with Crippen molar-refractivity contribution in [1.29, 1.82) is 0 Å². The van der Waals surface area contributed by atoms with Crippen LogP contribution in [0.3, 0.4) is 0 Å². The first-order valence-electron chi connectivity index (χ1n) is 5.08. The van der Waals surface area contributed by atoms with Crippen molar-refractivity contribution in [3.05, 3.63) is 33.4 Å². The van der Waals surface area contributed by atoms with Gasteiger partial charge in [-0.05, 0) is 6.92 Å². The van der Waals surface area contributed by atoms with Crippen LogP contribution in [-0.2, 0) is 10.0 Å². The summed E-state index contributed by atoms with van der Waals surface area (Å²) in [7, 11) is -4.70. The first kappa shape index (κ1) is 15.9. The lowest BCUT2D eigenvalue weighted by atomic mass is 10.1. The zero-order chi connectivity index (χ0) is 15.7. The maximum absolute atomic E-state index is 13.9. The average Bonchev–Trinajstić information content (AvgIpc) is 2.26. The molecule has 1 aromatic rings. The molecule has 0 aliphatic heterocycles. The van der Waals surface area contributed by atoms with E-state index >= 15 is 0 Å². The Morgan fingerprint density at radius 1 is 1.45 bits per heavy atom. The number of halogens is 2. The van der Waals surface area contributed by atoms with Gasteiger partial charge < -0.3 is 5.32 Å². The van der Waals surface area contributed by atoms with Crippen molar-refractivity contribution in [2.24, 2.45) is 5.14 Å². The highest BCUT2D eigenvalue weighted by molar-refractivity contribution is 7.89. The van der Waals surface area contributed by atoms with Crippen LogP contribution in [0.5, 0.6) is 0 Å². The van der Waals surface area contributed by atoms with E-state index in [1.165, 1.54) is 6.92 Å². The molecule has 20 heavy (non-hydrogen) atoms. The fourth-order valence-corrected chi connectivity index (χ4v) is 2.01. The van der Waals surface area contributed by atoms with Gasteiger partial charge in [0.15, 0.2) is 5.82 Å². The summed E-state index contributed by atoms with van der Waals surface area (Å²) in [5, 5.41) is 17.3. The minimum atomic E-state index is -4.70. The number of carbonyl (C=O) groups excluding carboxylic acids is 1. The van der Waals surface area contributed by atoms with Gasteiger partial charge in [-0.2, -0.15) is 4.39 Å². The summed E-state index contributed by atoms with van der Waals surface area (Å²) in [5.74, 6) is -4.87. The molecule has 0 fully saturated rings. The van der Waals surface area contributed by atoms with Crippen molar-refractivity contribution >= 4 is 21.6 Å². The van der Waals surface area contributed by atoms with Gasteiger partial charge in [-0.1, -0.05) is 0 Å². The molecule has 0 saturated heterocycles. The predicted molar refractivity (Wildman–Crippen MR) is 62.4 cm³/mol. The lowest BCUT2D eigenvalue weighted by Crippen LogP contribution is -2.27. The third-order valence-corrected chi connectivity index (χ3v) is 3.13. The zero-order valence-electron chi connectivity index (χ0n) is 10.0. The van der Waals surface area contributed by atoms with Gasteiger partial charge in [-0.3, -0.25) is 14.9 Å². The number of primary sulfonamides is 1. The largest absolute Gasteiger partial charge is 0.352 e. The molecule has 1 amide bonds. The monoisotopic (exact) mass is 309 g/mol. The molecule has 8 nitrogen and oxygen atoms in total. The van der Waals surface area contributed by atoms with Crippen LogP contribution >= 0.6 is 0 Å². The van der Waals surface area contributed by atoms with E-state index in [2.05, 4.69) is 5.14 Å². The fourth-order valence-electron chi connectivity index (χ4n) is 1.39. The van der Waals surface area contributed by atoms with Crippen LogP contribution in [0.15, 0.2) is 11.0 Å². The molecule has 11 heteroatoms. The number of sulfonamides is 1. The highest BCUT2D eigenvalue weighted by Crippen LogP contribution is 2.28. The molecule has 3 N–H and O–H groups in total. The van der Waals surface area contributed by atoms with Crippen molar-refractivity contribution < 1.29 is 26.9 Å². The molecule has 1 aromatic carbocycles. The van der Waals surface area contributed by atoms with Gasteiger partial charge in [0, 0.05) is 12.6 Å². The van der Waals surface area contributed by atoms with Crippen molar-refractivity contribution in [2.45, 2.75) is 11.8 Å². The number of nitrogens with zero attached hydrogens (tertiary/aromatic N) is 1. The minimum Gasteiger partial charge on any atom is -0.352 e. The van der Waals surface area contributed by atoms with Crippen molar-refractivity contribution in [3.63, 3.8) is 0 Å². The molecule has 0 aliphatic carbocycles. The summed E-state index contributed by atoms with van der Waals surface area (Å²) >= 11 is 0. The van der Waals surface area contributed by atoms with Crippen molar-refractivity contribution in [1.82, 2.24) is 5.32 Å². The third kappa shape index (κ3) is 2.88. The third-order valence-electron chi connectivity index (χ3n) is 2.22. The van der Waals surface area contributed by atoms with Gasteiger partial charge in [0.25, 0.3) is 5.91 Å². The Morgan fingerprint density at radius 2 is 2.00 bits per heavy atom. The number of nitro groups is 1. The van der Waals surface area contributed by atoms with E-state index in [-0.39, 0.29) is 12.6 Å². The second-order valence-electron chi connectivity index (χ2n) is 3.56. The van der Waals surface area contributed by atoms with Crippen LogP contribution in [0.1, 0.15) is 17.3 Å². The van der Waals surface area contributed by atoms with E-state index in [1.54, 1.807) is 0 Å². The second-order valence-corrected chi connectivity index (χ2v) is 5.09. The second kappa shape index (κ2) is 5.46. The molecule has 0 saturated carbocycles. The van der Waals surface area contributed by atoms with E-state index in [9.17, 15) is 32.1 Å². The summed E-state index contributed by atoms with van der Waals surface area (Å²) in [6, 6.07) is 0.128. The number of hydrogen-bond acceptors (Lipinski definition) is 5. The normalized spacial score (nSPS) is 11.2. The van der Waals surface area contributed by atoms with Gasteiger partial charge in [-0.15, -0.1) is 0 Å². The van der Waals surface area contributed by atoms with E-state index in [1.807, 2.05) is 5.32 Å². The van der Waals surface area contributed by atoms with Gasteiger partial charge in [0.2, 0.25) is 15.8 Å². The molecule has 0 heterocycles. The molecular weight excluding hydrogens is 300 g/mol. The number of nitrogens with one attached hydrogen (secondary N) is 1. The topological polar surface area (TPSA) is 132 Å². The Bertz CT molecular complexity index is 689. The molecule has 110 valence electrons. The Morgan fingerprint density at radius 3 is 2.40 bits per heavy atom. The maximum atomic E-state index is 13.9. The number of hydrogen-bond donors (Lipinski definition) is 2. The number of benzene rings is 1. The smallest absolute Gasteiger partial charge is 0.307 e. The molecule has 0 aromatic heterocycles. The average molecular weight is 309 g/mol. The summed E-state index contributed by atoms with van der Waals surface area (Å²) < 4.78 is 49.9. The molecular formula is C9H9F2N3O5S. The van der Waals surface area contributed by atoms with E-state index in [0.29, 0.717) is 0 Å². The lowest BCUT2D eigenvalue weighted by Gasteiger charge is -2.08. The summed E-state index contributed by atoms with van der Waals surface area (Å²) in [6.45, 7) is 1.41. The fraction of sp³-hybridized carbons (Fsp3) is 0.222. The van der Waals surface area contributed by atoms with E-state index < -0.39 is 48.6 Å². The number of rotatable bonds is 4. The Labute approximate surface area is 111 Å². The van der Waals surface area contributed by atoms with Crippen molar-refractivity contribution in [3.8, 4) is 0 Å². The van der Waals surface area contributed by atoms with Crippen LogP contribution in [0.25, 0.3) is 0 Å². The number of nitrogens with two attached hydrogens (primary N) is 1. The first-order chi connectivity index (χ1) is 9.11. The highest BCUT2D eigenvalue weighted by Gasteiger charge is 2.32. The van der Waals surface area contributed by atoms with Crippen LogP contribution in [-0.4, -0.2) is 25.8 Å². The number of amides is 1. The standard InChI is InChI=1S/C9H9F2N3O5S/c1-2-13-9(15)6-7(10)4(14(16)17)3-5(8(6)11)20(12,18)19/h3H,2H2,1H3,(H,13,15)(H2,12,18,19). The maximum Gasteiger partial charge on any atom is 0.307 e. The minimum absolute atomic E-state index is 0.0227. The lowest BCUT2D eigenvalue weighted by molar-refractivity contribution is -0.387.